The Hall–Kier alpha value is -1.84. The van der Waals surface area contributed by atoms with Crippen molar-refractivity contribution in [3.8, 4) is 5.75 Å². The summed E-state index contributed by atoms with van der Waals surface area (Å²) in [6, 6.07) is 20.0. The Labute approximate surface area is 126 Å². The number of hydrogen-bond donors (Lipinski definition) is 2. The van der Waals surface area contributed by atoms with Gasteiger partial charge in [-0.3, -0.25) is 0 Å². The third-order valence-electron chi connectivity index (χ3n) is 3.23. The van der Waals surface area contributed by atoms with E-state index < -0.39 is 6.10 Å². The largest absolute Gasteiger partial charge is 0.491 e. The van der Waals surface area contributed by atoms with Gasteiger partial charge in [-0.1, -0.05) is 48.5 Å². The smallest absolute Gasteiger partial charge is 0.119 e. The SMILES string of the molecule is OC(CNCCCc1ccccc1)COc1ccccc1. The molecule has 0 aliphatic heterocycles. The average Bonchev–Trinajstić information content (AvgIpc) is 2.54. The fourth-order valence-electron chi connectivity index (χ4n) is 2.10. The third kappa shape index (κ3) is 6.43. The molecule has 21 heavy (non-hydrogen) atoms. The van der Waals surface area contributed by atoms with Crippen LogP contribution in [0.25, 0.3) is 0 Å². The Balaban J connectivity index is 1.52. The summed E-state index contributed by atoms with van der Waals surface area (Å²) in [4.78, 5) is 0. The molecule has 0 heterocycles. The minimum absolute atomic E-state index is 0.315. The lowest BCUT2D eigenvalue weighted by molar-refractivity contribution is 0.106. The molecule has 0 saturated carbocycles. The maximum atomic E-state index is 9.84. The van der Waals surface area contributed by atoms with Crippen molar-refractivity contribution >= 4 is 0 Å². The van der Waals surface area contributed by atoms with Crippen molar-refractivity contribution in [2.24, 2.45) is 0 Å². The number of aliphatic hydroxyl groups is 1. The summed E-state index contributed by atoms with van der Waals surface area (Å²) in [6.07, 6.45) is 1.64. The molecule has 0 bridgehead atoms. The molecule has 3 heteroatoms. The van der Waals surface area contributed by atoms with Crippen molar-refractivity contribution in [2.45, 2.75) is 18.9 Å². The van der Waals surface area contributed by atoms with Gasteiger partial charge in [-0.2, -0.15) is 0 Å². The number of rotatable bonds is 9. The van der Waals surface area contributed by atoms with Crippen molar-refractivity contribution in [3.63, 3.8) is 0 Å². The van der Waals surface area contributed by atoms with E-state index in [2.05, 4.69) is 29.6 Å². The van der Waals surface area contributed by atoms with Crippen LogP contribution >= 0.6 is 0 Å². The van der Waals surface area contributed by atoms with Crippen LogP contribution in [0.4, 0.5) is 0 Å². The molecule has 112 valence electrons. The van der Waals surface area contributed by atoms with E-state index in [0.29, 0.717) is 13.2 Å². The monoisotopic (exact) mass is 285 g/mol. The summed E-state index contributed by atoms with van der Waals surface area (Å²) < 4.78 is 5.50. The molecule has 3 nitrogen and oxygen atoms in total. The second kappa shape index (κ2) is 9.16. The van der Waals surface area contributed by atoms with Gasteiger partial charge in [0, 0.05) is 6.54 Å². The Morgan fingerprint density at radius 1 is 0.952 bits per heavy atom. The van der Waals surface area contributed by atoms with Crippen molar-refractivity contribution < 1.29 is 9.84 Å². The molecule has 2 aromatic rings. The summed E-state index contributed by atoms with van der Waals surface area (Å²) in [7, 11) is 0. The molecule has 0 fully saturated rings. The number of ether oxygens (including phenoxy) is 1. The molecule has 0 spiro atoms. The van der Waals surface area contributed by atoms with Gasteiger partial charge in [0.25, 0.3) is 0 Å². The van der Waals surface area contributed by atoms with Crippen molar-refractivity contribution in [3.05, 3.63) is 66.2 Å². The van der Waals surface area contributed by atoms with Gasteiger partial charge in [0.2, 0.25) is 0 Å². The van der Waals surface area contributed by atoms with E-state index in [1.165, 1.54) is 5.56 Å². The molecule has 0 aromatic heterocycles. The predicted molar refractivity (Wildman–Crippen MR) is 85.6 cm³/mol. The van der Waals surface area contributed by atoms with Crippen molar-refractivity contribution in [1.29, 1.82) is 0 Å². The lowest BCUT2D eigenvalue weighted by Crippen LogP contribution is -2.32. The second-order valence-electron chi connectivity index (χ2n) is 5.07. The first kappa shape index (κ1) is 15.5. The highest BCUT2D eigenvalue weighted by Crippen LogP contribution is 2.08. The molecular weight excluding hydrogens is 262 g/mol. The fourth-order valence-corrected chi connectivity index (χ4v) is 2.10. The quantitative estimate of drug-likeness (QED) is 0.696. The van der Waals surface area contributed by atoms with Gasteiger partial charge in [0.05, 0.1) is 0 Å². The first-order valence-electron chi connectivity index (χ1n) is 7.45. The minimum atomic E-state index is -0.484. The summed E-state index contributed by atoms with van der Waals surface area (Å²) in [5, 5.41) is 13.1. The van der Waals surface area contributed by atoms with Crippen molar-refractivity contribution in [1.82, 2.24) is 5.32 Å². The zero-order chi connectivity index (χ0) is 14.8. The Morgan fingerprint density at radius 3 is 2.33 bits per heavy atom. The predicted octanol–water partition coefficient (Wildman–Crippen LogP) is 2.65. The van der Waals surface area contributed by atoms with Gasteiger partial charge in [-0.05, 0) is 37.1 Å². The van der Waals surface area contributed by atoms with Gasteiger partial charge >= 0.3 is 0 Å². The first-order valence-corrected chi connectivity index (χ1v) is 7.45. The van der Waals surface area contributed by atoms with E-state index in [0.717, 1.165) is 25.1 Å². The molecule has 0 amide bonds. The highest BCUT2D eigenvalue weighted by atomic mass is 16.5. The van der Waals surface area contributed by atoms with E-state index in [1.807, 2.05) is 36.4 Å². The molecule has 1 atom stereocenters. The van der Waals surface area contributed by atoms with Gasteiger partial charge in [0.1, 0.15) is 18.5 Å². The van der Waals surface area contributed by atoms with Crippen LogP contribution in [0.1, 0.15) is 12.0 Å². The van der Waals surface area contributed by atoms with Crippen LogP contribution in [-0.2, 0) is 6.42 Å². The number of benzene rings is 2. The summed E-state index contributed by atoms with van der Waals surface area (Å²) >= 11 is 0. The van der Waals surface area contributed by atoms with E-state index in [4.69, 9.17) is 4.74 Å². The maximum Gasteiger partial charge on any atom is 0.119 e. The van der Waals surface area contributed by atoms with Gasteiger partial charge in [-0.25, -0.2) is 0 Å². The Morgan fingerprint density at radius 2 is 1.62 bits per heavy atom. The lowest BCUT2D eigenvalue weighted by atomic mass is 10.1. The first-order chi connectivity index (χ1) is 10.3. The highest BCUT2D eigenvalue weighted by molar-refractivity contribution is 5.20. The van der Waals surface area contributed by atoms with Crippen LogP contribution < -0.4 is 10.1 Å². The van der Waals surface area contributed by atoms with E-state index >= 15 is 0 Å². The molecule has 0 aliphatic carbocycles. The number of nitrogens with one attached hydrogen (secondary N) is 1. The number of hydrogen-bond acceptors (Lipinski definition) is 3. The minimum Gasteiger partial charge on any atom is -0.491 e. The molecule has 0 saturated heterocycles. The van der Waals surface area contributed by atoms with Gasteiger partial charge in [0.15, 0.2) is 0 Å². The summed E-state index contributed by atoms with van der Waals surface area (Å²) in [6.45, 7) is 1.77. The number of aryl methyl sites for hydroxylation is 1. The normalized spacial score (nSPS) is 12.0. The van der Waals surface area contributed by atoms with E-state index in [1.54, 1.807) is 0 Å². The van der Waals surface area contributed by atoms with E-state index in [-0.39, 0.29) is 0 Å². The third-order valence-corrected chi connectivity index (χ3v) is 3.23. The van der Waals surface area contributed by atoms with Crippen LogP contribution in [-0.4, -0.2) is 30.9 Å². The molecular formula is C18H23NO2. The molecule has 0 radical (unpaired) electrons. The molecule has 1 unspecified atom stereocenters. The summed E-state index contributed by atoms with van der Waals surface area (Å²) in [5.74, 6) is 0.792. The standard InChI is InChI=1S/C18H23NO2/c20-17(15-21-18-11-5-2-6-12-18)14-19-13-7-10-16-8-3-1-4-9-16/h1-6,8-9,11-12,17,19-20H,7,10,13-15H2. The Kier molecular flexibility index (Phi) is 6.78. The summed E-state index contributed by atoms with van der Waals surface area (Å²) in [5.41, 5.74) is 1.35. The molecule has 2 aromatic carbocycles. The van der Waals surface area contributed by atoms with Crippen LogP contribution in [0.5, 0.6) is 5.75 Å². The fraction of sp³-hybridized carbons (Fsp3) is 0.333. The highest BCUT2D eigenvalue weighted by Gasteiger charge is 2.04. The van der Waals surface area contributed by atoms with Crippen LogP contribution in [0.15, 0.2) is 60.7 Å². The Bertz CT molecular complexity index is 487. The number of aliphatic hydroxyl groups excluding tert-OH is 1. The van der Waals surface area contributed by atoms with Crippen LogP contribution in [0, 0.1) is 0 Å². The molecule has 2 N–H and O–H groups in total. The zero-order valence-electron chi connectivity index (χ0n) is 12.2. The van der Waals surface area contributed by atoms with Gasteiger partial charge in [-0.15, -0.1) is 0 Å². The average molecular weight is 285 g/mol. The molecule has 2 rings (SSSR count). The van der Waals surface area contributed by atoms with E-state index in [9.17, 15) is 5.11 Å². The van der Waals surface area contributed by atoms with Gasteiger partial charge < -0.3 is 15.2 Å². The zero-order valence-corrected chi connectivity index (χ0v) is 12.2. The maximum absolute atomic E-state index is 9.84. The van der Waals surface area contributed by atoms with Crippen molar-refractivity contribution in [2.75, 3.05) is 19.7 Å². The number of para-hydroxylation sites is 1. The van der Waals surface area contributed by atoms with Crippen LogP contribution in [0.3, 0.4) is 0 Å². The lowest BCUT2D eigenvalue weighted by Gasteiger charge is -2.13. The van der Waals surface area contributed by atoms with Crippen LogP contribution in [0.2, 0.25) is 0 Å². The topological polar surface area (TPSA) is 41.5 Å². The second-order valence-corrected chi connectivity index (χ2v) is 5.07. The molecule has 0 aliphatic rings.